The molecule has 2 aromatic carbocycles. The summed E-state index contributed by atoms with van der Waals surface area (Å²) in [5.74, 6) is 0.152. The molecule has 3 amide bonds. The molecule has 3 aromatic rings. The fourth-order valence-corrected chi connectivity index (χ4v) is 3.35. The van der Waals surface area contributed by atoms with Crippen LogP contribution >= 0.6 is 0 Å². The first-order valence-electron chi connectivity index (χ1n) is 9.68. The van der Waals surface area contributed by atoms with Gasteiger partial charge in [-0.1, -0.05) is 24.3 Å². The summed E-state index contributed by atoms with van der Waals surface area (Å²) in [7, 11) is 0. The average molecular weight is 389 g/mol. The van der Waals surface area contributed by atoms with Crippen LogP contribution in [0, 0.1) is 0 Å². The van der Waals surface area contributed by atoms with Gasteiger partial charge in [0.2, 0.25) is 5.91 Å². The van der Waals surface area contributed by atoms with E-state index in [-0.39, 0.29) is 11.9 Å². The van der Waals surface area contributed by atoms with E-state index in [1.165, 1.54) is 0 Å². The highest BCUT2D eigenvalue weighted by Crippen LogP contribution is 2.23. The number of nitrogens with zero attached hydrogens (tertiary/aromatic N) is 3. The number of urea groups is 1. The average Bonchev–Trinajstić information content (AvgIpc) is 3.40. The monoisotopic (exact) mass is 389 g/mol. The van der Waals surface area contributed by atoms with Gasteiger partial charge >= 0.3 is 6.03 Å². The van der Waals surface area contributed by atoms with Crippen molar-refractivity contribution in [2.24, 2.45) is 0 Å². The Morgan fingerprint density at radius 1 is 1.03 bits per heavy atom. The van der Waals surface area contributed by atoms with Gasteiger partial charge in [-0.25, -0.2) is 4.79 Å². The Kier molecular flexibility index (Phi) is 5.56. The van der Waals surface area contributed by atoms with Crippen LogP contribution in [0.4, 0.5) is 16.2 Å². The molecule has 1 aromatic heterocycles. The second kappa shape index (κ2) is 8.60. The van der Waals surface area contributed by atoms with Crippen LogP contribution in [0.25, 0.3) is 0 Å². The molecular weight excluding hydrogens is 366 g/mol. The third-order valence-electron chi connectivity index (χ3n) is 4.89. The van der Waals surface area contributed by atoms with Gasteiger partial charge in [-0.05, 0) is 47.9 Å². The third-order valence-corrected chi connectivity index (χ3v) is 4.89. The lowest BCUT2D eigenvalue weighted by Crippen LogP contribution is -2.28. The third kappa shape index (κ3) is 4.82. The minimum Gasteiger partial charge on any atom is -0.334 e. The second-order valence-corrected chi connectivity index (χ2v) is 7.02. The smallest absolute Gasteiger partial charge is 0.319 e. The molecule has 1 aliphatic rings. The van der Waals surface area contributed by atoms with Gasteiger partial charge in [-0.15, -0.1) is 0 Å². The van der Waals surface area contributed by atoms with Gasteiger partial charge in [0, 0.05) is 43.3 Å². The topological polar surface area (TPSA) is 79.3 Å². The molecule has 29 heavy (non-hydrogen) atoms. The molecule has 148 valence electrons. The highest BCUT2D eigenvalue weighted by atomic mass is 16.2. The van der Waals surface area contributed by atoms with E-state index in [2.05, 4.69) is 15.7 Å². The molecule has 0 unspecified atom stereocenters. The largest absolute Gasteiger partial charge is 0.334 e. The van der Waals surface area contributed by atoms with Crippen molar-refractivity contribution in [1.82, 2.24) is 15.1 Å². The Labute approximate surface area is 169 Å². The number of carbonyl (C=O) groups excluding carboxylic acids is 2. The molecule has 7 heteroatoms. The normalized spacial score (nSPS) is 13.5. The summed E-state index contributed by atoms with van der Waals surface area (Å²) >= 11 is 0. The van der Waals surface area contributed by atoms with E-state index < -0.39 is 0 Å². The van der Waals surface area contributed by atoms with Crippen LogP contribution in [0.3, 0.4) is 0 Å². The Bertz CT molecular complexity index is 965. The van der Waals surface area contributed by atoms with Crippen molar-refractivity contribution >= 4 is 23.3 Å². The number of carbonyl (C=O) groups is 2. The second-order valence-electron chi connectivity index (χ2n) is 7.02. The zero-order valence-electron chi connectivity index (χ0n) is 16.0. The van der Waals surface area contributed by atoms with Gasteiger partial charge in [0.25, 0.3) is 0 Å². The zero-order valence-corrected chi connectivity index (χ0v) is 16.0. The van der Waals surface area contributed by atoms with Gasteiger partial charge in [0.15, 0.2) is 0 Å². The molecule has 0 saturated carbocycles. The summed E-state index contributed by atoms with van der Waals surface area (Å²) in [6.45, 7) is 1.92. The summed E-state index contributed by atoms with van der Waals surface area (Å²) in [5, 5.41) is 9.87. The van der Waals surface area contributed by atoms with Gasteiger partial charge in [-0.2, -0.15) is 5.10 Å². The maximum Gasteiger partial charge on any atom is 0.319 e. The summed E-state index contributed by atoms with van der Waals surface area (Å²) in [6.07, 6.45) is 5.18. The van der Waals surface area contributed by atoms with Crippen molar-refractivity contribution in [3.63, 3.8) is 0 Å². The van der Waals surface area contributed by atoms with E-state index in [0.29, 0.717) is 18.7 Å². The van der Waals surface area contributed by atoms with E-state index in [0.717, 1.165) is 36.3 Å². The predicted octanol–water partition coefficient (Wildman–Crippen LogP) is 3.38. The first-order chi connectivity index (χ1) is 14.2. The van der Waals surface area contributed by atoms with E-state index >= 15 is 0 Å². The summed E-state index contributed by atoms with van der Waals surface area (Å²) in [4.78, 5) is 25.7. The fourth-order valence-electron chi connectivity index (χ4n) is 3.35. The Hall–Kier alpha value is -3.61. The van der Waals surface area contributed by atoms with Crippen molar-refractivity contribution in [2.45, 2.75) is 25.9 Å². The Morgan fingerprint density at radius 2 is 1.79 bits per heavy atom. The van der Waals surface area contributed by atoms with Crippen LogP contribution in [0.2, 0.25) is 0 Å². The number of nitrogens with one attached hydrogen (secondary N) is 2. The molecule has 1 aliphatic heterocycles. The molecule has 0 radical (unpaired) electrons. The van der Waals surface area contributed by atoms with Crippen molar-refractivity contribution < 1.29 is 9.59 Å². The number of rotatable bonds is 6. The lowest BCUT2D eigenvalue weighted by atomic mass is 10.1. The Morgan fingerprint density at radius 3 is 2.45 bits per heavy atom. The van der Waals surface area contributed by atoms with Crippen molar-refractivity contribution in [1.29, 1.82) is 0 Å². The molecular formula is C22H23N5O2. The summed E-state index contributed by atoms with van der Waals surface area (Å²) in [5.41, 5.74) is 3.73. The molecule has 4 rings (SSSR count). The number of amides is 3. The quantitative estimate of drug-likeness (QED) is 0.678. The van der Waals surface area contributed by atoms with Crippen LogP contribution in [-0.4, -0.2) is 28.3 Å². The number of hydrogen-bond donors (Lipinski definition) is 2. The minimum absolute atomic E-state index is 0.152. The number of benzene rings is 2. The minimum atomic E-state index is -0.268. The van der Waals surface area contributed by atoms with E-state index in [9.17, 15) is 9.59 Å². The molecule has 2 N–H and O–H groups in total. The Balaban J connectivity index is 1.26. The first kappa shape index (κ1) is 18.7. The van der Waals surface area contributed by atoms with Crippen molar-refractivity contribution in [2.75, 3.05) is 16.8 Å². The van der Waals surface area contributed by atoms with Crippen LogP contribution in [0.5, 0.6) is 0 Å². The molecule has 0 bridgehead atoms. The van der Waals surface area contributed by atoms with Crippen LogP contribution in [0.15, 0.2) is 67.0 Å². The number of hydrogen-bond acceptors (Lipinski definition) is 3. The molecule has 1 fully saturated rings. The lowest BCUT2D eigenvalue weighted by molar-refractivity contribution is -0.117. The predicted molar refractivity (Wildman–Crippen MR) is 112 cm³/mol. The number of anilines is 2. The fraction of sp³-hybridized carbons (Fsp3) is 0.227. The van der Waals surface area contributed by atoms with Crippen LogP contribution < -0.4 is 15.5 Å². The van der Waals surface area contributed by atoms with Gasteiger partial charge < -0.3 is 15.5 Å². The molecule has 0 aliphatic carbocycles. The highest BCUT2D eigenvalue weighted by Gasteiger charge is 2.21. The van der Waals surface area contributed by atoms with Gasteiger partial charge in [0.05, 0.1) is 6.54 Å². The van der Waals surface area contributed by atoms with E-state index in [1.54, 1.807) is 11.1 Å². The molecule has 2 heterocycles. The van der Waals surface area contributed by atoms with Crippen LogP contribution in [-0.2, 0) is 17.9 Å². The zero-order chi connectivity index (χ0) is 20.1. The van der Waals surface area contributed by atoms with Gasteiger partial charge in [0.1, 0.15) is 0 Å². The van der Waals surface area contributed by atoms with E-state index in [1.807, 2.05) is 65.5 Å². The van der Waals surface area contributed by atoms with Crippen molar-refractivity contribution in [3.8, 4) is 0 Å². The lowest BCUT2D eigenvalue weighted by Gasteiger charge is -2.16. The van der Waals surface area contributed by atoms with Gasteiger partial charge in [-0.3, -0.25) is 9.48 Å². The number of aromatic nitrogens is 2. The van der Waals surface area contributed by atoms with E-state index in [4.69, 9.17) is 0 Å². The summed E-state index contributed by atoms with van der Waals surface area (Å²) < 4.78 is 1.87. The van der Waals surface area contributed by atoms with Crippen LogP contribution in [0.1, 0.15) is 24.0 Å². The maximum absolute atomic E-state index is 12.2. The highest BCUT2D eigenvalue weighted by molar-refractivity contribution is 5.96. The molecule has 1 saturated heterocycles. The summed E-state index contributed by atoms with van der Waals surface area (Å²) in [6, 6.07) is 17.0. The first-order valence-corrected chi connectivity index (χ1v) is 9.68. The standard InChI is InChI=1S/C22H23N5O2/c28-21-3-1-14-27(21)20-10-8-19(9-11-20)25-22(29)23-15-17-4-6-18(7-5-17)16-26-13-2-12-24-26/h2,4-13H,1,3,14-16H2,(H2,23,25,29). The molecule has 7 nitrogen and oxygen atoms in total. The molecule has 0 atom stereocenters. The SMILES string of the molecule is O=C(NCc1ccc(Cn2cccn2)cc1)Nc1ccc(N2CCCC2=O)cc1. The maximum atomic E-state index is 12.2. The van der Waals surface area contributed by atoms with Crippen molar-refractivity contribution in [3.05, 3.63) is 78.1 Å². The molecule has 0 spiro atoms.